The van der Waals surface area contributed by atoms with Crippen molar-refractivity contribution >= 4 is 5.78 Å². The number of carbonyl (C=O) groups excluding carboxylic acids is 1. The number of aromatic nitrogens is 1. The van der Waals surface area contributed by atoms with Crippen LogP contribution in [0.3, 0.4) is 0 Å². The van der Waals surface area contributed by atoms with E-state index in [4.69, 9.17) is 4.74 Å². The Hall–Kier alpha value is -1.22. The van der Waals surface area contributed by atoms with E-state index in [2.05, 4.69) is 18.0 Å². The number of hydrogen-bond donors (Lipinski definition) is 0. The van der Waals surface area contributed by atoms with Crippen molar-refractivity contribution in [3.63, 3.8) is 0 Å². The van der Waals surface area contributed by atoms with Crippen LogP contribution in [0.1, 0.15) is 31.0 Å². The van der Waals surface area contributed by atoms with Crippen molar-refractivity contribution in [3.05, 3.63) is 29.6 Å². The summed E-state index contributed by atoms with van der Waals surface area (Å²) in [6.45, 7) is 3.54. The molecule has 0 aromatic carbocycles. The summed E-state index contributed by atoms with van der Waals surface area (Å²) in [6.07, 6.45) is 5.06. The van der Waals surface area contributed by atoms with Gasteiger partial charge in [-0.15, -0.1) is 0 Å². The van der Waals surface area contributed by atoms with Gasteiger partial charge in [0.1, 0.15) is 5.78 Å². The summed E-state index contributed by atoms with van der Waals surface area (Å²) in [5, 5.41) is 0. The van der Waals surface area contributed by atoms with Crippen LogP contribution in [-0.2, 0) is 22.4 Å². The molecule has 0 aliphatic carbocycles. The van der Waals surface area contributed by atoms with E-state index in [0.29, 0.717) is 12.2 Å². The highest BCUT2D eigenvalue weighted by Crippen LogP contribution is 2.17. The third kappa shape index (κ3) is 3.37. The zero-order valence-electron chi connectivity index (χ0n) is 10.3. The molecule has 1 aliphatic heterocycles. The Bertz CT molecular complexity index is 366. The molecule has 0 atom stereocenters. The smallest absolute Gasteiger partial charge is 0.142 e. The maximum absolute atomic E-state index is 12.0. The average molecular weight is 233 g/mol. The number of pyridine rings is 1. The van der Waals surface area contributed by atoms with Gasteiger partial charge in [-0.05, 0) is 30.9 Å². The molecule has 2 rings (SSSR count). The number of aryl methyl sites for hydroxylation is 1. The molecule has 0 amide bonds. The maximum Gasteiger partial charge on any atom is 0.142 e. The Labute approximate surface area is 102 Å². The van der Waals surface area contributed by atoms with Crippen LogP contribution >= 0.6 is 0 Å². The van der Waals surface area contributed by atoms with Gasteiger partial charge in [0, 0.05) is 37.4 Å². The number of rotatable bonds is 4. The van der Waals surface area contributed by atoms with Gasteiger partial charge >= 0.3 is 0 Å². The first-order chi connectivity index (χ1) is 8.29. The highest BCUT2D eigenvalue weighted by atomic mass is 16.5. The van der Waals surface area contributed by atoms with Gasteiger partial charge in [0.15, 0.2) is 0 Å². The Morgan fingerprint density at radius 2 is 2.18 bits per heavy atom. The van der Waals surface area contributed by atoms with E-state index in [1.54, 1.807) is 0 Å². The van der Waals surface area contributed by atoms with Gasteiger partial charge in [-0.2, -0.15) is 0 Å². The number of nitrogens with zero attached hydrogens (tertiary/aromatic N) is 1. The molecule has 0 saturated carbocycles. The Balaban J connectivity index is 1.92. The van der Waals surface area contributed by atoms with E-state index in [1.165, 1.54) is 5.56 Å². The van der Waals surface area contributed by atoms with Gasteiger partial charge in [0.25, 0.3) is 0 Å². The maximum atomic E-state index is 12.0. The molecule has 1 fully saturated rings. The lowest BCUT2D eigenvalue weighted by molar-refractivity contribution is -0.125. The fraction of sp³-hybridized carbons (Fsp3) is 0.571. The van der Waals surface area contributed by atoms with Gasteiger partial charge in [0.2, 0.25) is 0 Å². The molecule has 17 heavy (non-hydrogen) atoms. The summed E-state index contributed by atoms with van der Waals surface area (Å²) in [4.78, 5) is 16.4. The molecule has 1 saturated heterocycles. The molecular formula is C14H19NO2. The zero-order chi connectivity index (χ0) is 12.1. The molecule has 3 nitrogen and oxygen atoms in total. The Kier molecular flexibility index (Phi) is 4.26. The standard InChI is InChI=1S/C14H19NO2/c1-2-11-3-4-13(15-10-11)9-14(16)12-5-7-17-8-6-12/h3-4,10,12H,2,5-9H2,1H3. The lowest BCUT2D eigenvalue weighted by Gasteiger charge is -2.20. The molecule has 2 heterocycles. The SMILES string of the molecule is CCc1ccc(CC(=O)C2CCOCC2)nc1. The Morgan fingerprint density at radius 1 is 1.41 bits per heavy atom. The van der Waals surface area contributed by atoms with Crippen LogP contribution in [0, 0.1) is 5.92 Å². The summed E-state index contributed by atoms with van der Waals surface area (Å²) < 4.78 is 5.26. The molecule has 0 radical (unpaired) electrons. The van der Waals surface area contributed by atoms with Crippen molar-refractivity contribution < 1.29 is 9.53 Å². The van der Waals surface area contributed by atoms with Crippen molar-refractivity contribution in [2.75, 3.05) is 13.2 Å². The van der Waals surface area contributed by atoms with Gasteiger partial charge in [0.05, 0.1) is 0 Å². The Morgan fingerprint density at radius 3 is 2.76 bits per heavy atom. The molecule has 92 valence electrons. The van der Waals surface area contributed by atoms with Crippen molar-refractivity contribution in [2.24, 2.45) is 5.92 Å². The largest absolute Gasteiger partial charge is 0.381 e. The van der Waals surface area contributed by atoms with Crippen molar-refractivity contribution in [1.82, 2.24) is 4.98 Å². The number of hydrogen-bond acceptors (Lipinski definition) is 3. The molecule has 0 N–H and O–H groups in total. The van der Waals surface area contributed by atoms with E-state index in [1.807, 2.05) is 12.3 Å². The van der Waals surface area contributed by atoms with Crippen molar-refractivity contribution in [3.8, 4) is 0 Å². The monoisotopic (exact) mass is 233 g/mol. The molecule has 1 aromatic heterocycles. The second-order valence-corrected chi connectivity index (χ2v) is 4.54. The predicted molar refractivity (Wildman–Crippen MR) is 65.9 cm³/mol. The van der Waals surface area contributed by atoms with E-state index >= 15 is 0 Å². The minimum absolute atomic E-state index is 0.177. The van der Waals surface area contributed by atoms with E-state index in [-0.39, 0.29) is 5.92 Å². The van der Waals surface area contributed by atoms with E-state index in [0.717, 1.165) is 38.2 Å². The summed E-state index contributed by atoms with van der Waals surface area (Å²) in [5.41, 5.74) is 2.10. The number of ether oxygens (including phenoxy) is 1. The number of ketones is 1. The van der Waals surface area contributed by atoms with Crippen molar-refractivity contribution in [2.45, 2.75) is 32.6 Å². The highest BCUT2D eigenvalue weighted by Gasteiger charge is 2.21. The first-order valence-electron chi connectivity index (χ1n) is 6.34. The van der Waals surface area contributed by atoms with Gasteiger partial charge in [-0.25, -0.2) is 0 Å². The fourth-order valence-electron chi connectivity index (χ4n) is 2.11. The van der Waals surface area contributed by atoms with Gasteiger partial charge < -0.3 is 4.74 Å². The van der Waals surface area contributed by atoms with Crippen LogP contribution in [0.15, 0.2) is 18.3 Å². The second-order valence-electron chi connectivity index (χ2n) is 4.54. The van der Waals surface area contributed by atoms with Crippen molar-refractivity contribution in [1.29, 1.82) is 0 Å². The first-order valence-corrected chi connectivity index (χ1v) is 6.34. The first kappa shape index (κ1) is 12.2. The van der Waals surface area contributed by atoms with Crippen LogP contribution in [-0.4, -0.2) is 24.0 Å². The molecule has 0 unspecified atom stereocenters. The van der Waals surface area contributed by atoms with Crippen LogP contribution < -0.4 is 0 Å². The average Bonchev–Trinajstić information content (AvgIpc) is 2.40. The minimum Gasteiger partial charge on any atom is -0.381 e. The van der Waals surface area contributed by atoms with Crippen LogP contribution in [0.4, 0.5) is 0 Å². The second kappa shape index (κ2) is 5.92. The normalized spacial score (nSPS) is 17.0. The lowest BCUT2D eigenvalue weighted by atomic mass is 9.92. The van der Waals surface area contributed by atoms with Gasteiger partial charge in [-0.3, -0.25) is 9.78 Å². The third-order valence-electron chi connectivity index (χ3n) is 3.33. The molecule has 3 heteroatoms. The molecule has 0 bridgehead atoms. The quantitative estimate of drug-likeness (QED) is 0.800. The summed E-state index contributed by atoms with van der Waals surface area (Å²) in [7, 11) is 0. The van der Waals surface area contributed by atoms with Crippen LogP contribution in [0.2, 0.25) is 0 Å². The lowest BCUT2D eigenvalue weighted by Crippen LogP contribution is -2.25. The summed E-state index contributed by atoms with van der Waals surface area (Å²) in [6, 6.07) is 4.02. The highest BCUT2D eigenvalue weighted by molar-refractivity contribution is 5.82. The van der Waals surface area contributed by atoms with E-state index < -0.39 is 0 Å². The molecule has 1 aromatic rings. The summed E-state index contributed by atoms with van der Waals surface area (Å²) >= 11 is 0. The molecular weight excluding hydrogens is 214 g/mol. The molecule has 1 aliphatic rings. The van der Waals surface area contributed by atoms with Crippen LogP contribution in [0.25, 0.3) is 0 Å². The predicted octanol–water partition coefficient (Wildman–Crippen LogP) is 2.18. The zero-order valence-corrected chi connectivity index (χ0v) is 10.3. The summed E-state index contributed by atoms with van der Waals surface area (Å²) in [5.74, 6) is 0.487. The van der Waals surface area contributed by atoms with Gasteiger partial charge in [-0.1, -0.05) is 13.0 Å². The fourth-order valence-corrected chi connectivity index (χ4v) is 2.11. The number of carbonyl (C=O) groups is 1. The van der Waals surface area contributed by atoms with E-state index in [9.17, 15) is 4.79 Å². The topological polar surface area (TPSA) is 39.2 Å². The number of Topliss-reactive ketones (excluding diaryl/α,β-unsaturated/α-hetero) is 1. The van der Waals surface area contributed by atoms with Crippen LogP contribution in [0.5, 0.6) is 0 Å². The third-order valence-corrected chi connectivity index (χ3v) is 3.33. The molecule has 0 spiro atoms. The minimum atomic E-state index is 0.177.